The summed E-state index contributed by atoms with van der Waals surface area (Å²) in [5.74, 6) is -2.82. The van der Waals surface area contributed by atoms with E-state index < -0.39 is 23.4 Å². The molecule has 13 heteroatoms. The molecule has 4 aromatic rings. The Kier molecular flexibility index (Phi) is 8.39. The lowest BCUT2D eigenvalue weighted by Crippen LogP contribution is -2.42. The number of aromatic hydroxyl groups is 2. The van der Waals surface area contributed by atoms with Crippen LogP contribution in [0.5, 0.6) is 23.0 Å². The van der Waals surface area contributed by atoms with E-state index in [1.54, 1.807) is 42.5 Å². The van der Waals surface area contributed by atoms with Crippen LogP contribution in [0.3, 0.4) is 0 Å². The number of hydrogen-bond acceptors (Lipinski definition) is 10. The Morgan fingerprint density at radius 2 is 1.59 bits per heavy atom. The fraction of sp³-hybridized carbons (Fsp3) is 0.129. The lowest BCUT2D eigenvalue weighted by atomic mass is 9.82. The molecule has 226 valence electrons. The topological polar surface area (TPSA) is 162 Å². The summed E-state index contributed by atoms with van der Waals surface area (Å²) in [6.07, 6.45) is 1.55. The maximum atomic E-state index is 14.1. The van der Waals surface area contributed by atoms with E-state index >= 15 is 0 Å². The van der Waals surface area contributed by atoms with E-state index in [0.717, 1.165) is 23.0 Å². The molecule has 1 amide bonds. The van der Waals surface area contributed by atoms with E-state index in [-0.39, 0.29) is 49.2 Å². The SMILES string of the molecule is COC(=O)C1=C(N)n2c(s/c(=C/c3ccc(O)c(OC)c3)c2=O)=C(C(=O)Nc2ccc(Cl)cc2)C1c1ccc(O)c(OC)c1. The first-order valence-corrected chi connectivity index (χ1v) is 14.1. The molecule has 44 heavy (non-hydrogen) atoms. The summed E-state index contributed by atoms with van der Waals surface area (Å²) in [7, 11) is 3.92. The van der Waals surface area contributed by atoms with Gasteiger partial charge in [0.15, 0.2) is 23.0 Å². The van der Waals surface area contributed by atoms with Crippen molar-refractivity contribution in [2.75, 3.05) is 26.6 Å². The van der Waals surface area contributed by atoms with E-state index in [1.807, 2.05) is 0 Å². The lowest BCUT2D eigenvalue weighted by molar-refractivity contribution is -0.136. The van der Waals surface area contributed by atoms with Crippen LogP contribution in [0.25, 0.3) is 17.5 Å². The molecule has 1 aromatic heterocycles. The first-order valence-electron chi connectivity index (χ1n) is 12.9. The third-order valence-electron chi connectivity index (χ3n) is 6.94. The molecule has 1 aliphatic heterocycles. The molecule has 2 heterocycles. The normalized spacial score (nSPS) is 14.7. The van der Waals surface area contributed by atoms with Crippen molar-refractivity contribution in [1.82, 2.24) is 4.57 Å². The Labute approximate surface area is 259 Å². The van der Waals surface area contributed by atoms with Gasteiger partial charge in [-0.05, 0) is 65.7 Å². The molecule has 0 bridgehead atoms. The average molecular weight is 636 g/mol. The van der Waals surface area contributed by atoms with E-state index in [9.17, 15) is 24.6 Å². The summed E-state index contributed by atoms with van der Waals surface area (Å²) >= 11 is 7.01. The standard InChI is InChI=1S/C31H26ClN3O8S/c1-41-21-12-15(4-10-19(21)36)13-23-29(39)35-27(33)25(31(40)43-3)24(16-5-11-20(37)22(14-16)42-2)26(30(35)44-23)28(38)34-18-8-6-17(32)7-9-18/h4-14,24,36-37H,33H2,1-3H3,(H,34,38)/b23-13+. The van der Waals surface area contributed by atoms with Crippen molar-refractivity contribution in [2.45, 2.75) is 5.92 Å². The van der Waals surface area contributed by atoms with Crippen LogP contribution in [0.2, 0.25) is 5.02 Å². The summed E-state index contributed by atoms with van der Waals surface area (Å²) in [5, 5.41) is 23.6. The van der Waals surface area contributed by atoms with Crippen LogP contribution in [0.4, 0.5) is 5.69 Å². The smallest absolute Gasteiger partial charge is 0.338 e. The predicted octanol–water partition coefficient (Wildman–Crippen LogP) is 2.71. The number of methoxy groups -OCH3 is 3. The van der Waals surface area contributed by atoms with Crippen LogP contribution in [0.15, 0.2) is 71.0 Å². The molecular weight excluding hydrogens is 610 g/mol. The highest BCUT2D eigenvalue weighted by molar-refractivity contribution is 7.07. The number of nitrogens with one attached hydrogen (secondary N) is 1. The van der Waals surface area contributed by atoms with Crippen LogP contribution in [-0.2, 0) is 14.3 Å². The van der Waals surface area contributed by atoms with Crippen molar-refractivity contribution in [1.29, 1.82) is 0 Å². The van der Waals surface area contributed by atoms with Gasteiger partial charge in [-0.1, -0.05) is 23.7 Å². The van der Waals surface area contributed by atoms with Crippen molar-refractivity contribution < 1.29 is 34.0 Å². The van der Waals surface area contributed by atoms with Gasteiger partial charge in [0.05, 0.1) is 42.9 Å². The van der Waals surface area contributed by atoms with E-state index in [0.29, 0.717) is 21.8 Å². The molecule has 0 spiro atoms. The number of nitrogens with zero attached hydrogens (tertiary/aromatic N) is 1. The van der Waals surface area contributed by atoms with Gasteiger partial charge in [0.2, 0.25) is 0 Å². The monoisotopic (exact) mass is 635 g/mol. The largest absolute Gasteiger partial charge is 0.504 e. The Morgan fingerprint density at radius 3 is 2.23 bits per heavy atom. The molecule has 5 rings (SSSR count). The van der Waals surface area contributed by atoms with Crippen LogP contribution in [0, 0.1) is 0 Å². The van der Waals surface area contributed by atoms with Crippen LogP contribution >= 0.6 is 22.9 Å². The third kappa shape index (κ3) is 5.48. The first kappa shape index (κ1) is 30.3. The third-order valence-corrected chi connectivity index (χ3v) is 8.30. The molecule has 0 radical (unpaired) electrons. The molecule has 5 N–H and O–H groups in total. The van der Waals surface area contributed by atoms with Gasteiger partial charge in [-0.15, -0.1) is 11.3 Å². The van der Waals surface area contributed by atoms with E-state index in [1.165, 1.54) is 38.5 Å². The van der Waals surface area contributed by atoms with Crippen molar-refractivity contribution in [3.63, 3.8) is 0 Å². The zero-order valence-corrected chi connectivity index (χ0v) is 25.2. The fourth-order valence-electron chi connectivity index (χ4n) is 4.85. The number of amides is 1. The summed E-state index contributed by atoms with van der Waals surface area (Å²) in [6.45, 7) is 0. The summed E-state index contributed by atoms with van der Waals surface area (Å²) in [6, 6.07) is 15.3. The zero-order valence-electron chi connectivity index (χ0n) is 23.6. The average Bonchev–Trinajstić information content (AvgIpc) is 3.34. The highest BCUT2D eigenvalue weighted by Crippen LogP contribution is 2.40. The maximum absolute atomic E-state index is 14.1. The Morgan fingerprint density at radius 1 is 0.955 bits per heavy atom. The second-order valence-corrected chi connectivity index (χ2v) is 11.0. The van der Waals surface area contributed by atoms with E-state index in [2.05, 4.69) is 5.32 Å². The fourth-order valence-corrected chi connectivity index (χ4v) is 6.15. The summed E-state index contributed by atoms with van der Waals surface area (Å²) in [4.78, 5) is 41.3. The number of phenols is 2. The van der Waals surface area contributed by atoms with Gasteiger partial charge in [0, 0.05) is 10.7 Å². The van der Waals surface area contributed by atoms with E-state index in [4.69, 9.17) is 31.5 Å². The summed E-state index contributed by atoms with van der Waals surface area (Å²) in [5.41, 5.74) is 7.11. The van der Waals surface area contributed by atoms with Gasteiger partial charge in [-0.3, -0.25) is 14.2 Å². The maximum Gasteiger partial charge on any atom is 0.338 e. The molecule has 0 fully saturated rings. The minimum absolute atomic E-state index is 0.0207. The van der Waals surface area contributed by atoms with Gasteiger partial charge in [0.1, 0.15) is 10.5 Å². The Hall–Kier alpha value is -5.20. The number of phenolic OH excluding ortho intramolecular Hbond substituents is 2. The number of benzene rings is 3. The number of halogens is 1. The minimum Gasteiger partial charge on any atom is -0.504 e. The highest BCUT2D eigenvalue weighted by atomic mass is 35.5. The van der Waals surface area contributed by atoms with Crippen molar-refractivity contribution in [3.05, 3.63) is 102 Å². The number of esters is 1. The van der Waals surface area contributed by atoms with Gasteiger partial charge in [0.25, 0.3) is 11.5 Å². The van der Waals surface area contributed by atoms with Crippen LogP contribution < -0.4 is 35.3 Å². The van der Waals surface area contributed by atoms with Crippen LogP contribution in [-0.4, -0.2) is 48.0 Å². The predicted molar refractivity (Wildman–Crippen MR) is 166 cm³/mol. The molecule has 1 unspecified atom stereocenters. The number of anilines is 1. The minimum atomic E-state index is -1.14. The van der Waals surface area contributed by atoms with Crippen molar-refractivity contribution >= 4 is 58.0 Å². The first-order chi connectivity index (χ1) is 21.1. The van der Waals surface area contributed by atoms with Crippen molar-refractivity contribution in [2.24, 2.45) is 5.73 Å². The van der Waals surface area contributed by atoms with Gasteiger partial charge >= 0.3 is 5.97 Å². The molecule has 0 saturated heterocycles. The second-order valence-electron chi connectivity index (χ2n) is 9.52. The number of nitrogens with two attached hydrogens (primary N) is 1. The molecule has 1 aliphatic rings. The molecule has 0 saturated carbocycles. The lowest BCUT2D eigenvalue weighted by Gasteiger charge is -2.27. The number of fused-ring (bicyclic) bond motifs is 1. The second kappa shape index (κ2) is 12.2. The molecule has 3 aromatic carbocycles. The molecular formula is C31H26ClN3O8S. The van der Waals surface area contributed by atoms with Crippen LogP contribution in [0.1, 0.15) is 17.0 Å². The Bertz CT molecular complexity index is 2010. The van der Waals surface area contributed by atoms with Gasteiger partial charge < -0.3 is 35.5 Å². The summed E-state index contributed by atoms with van der Waals surface area (Å²) < 4.78 is 17.0. The van der Waals surface area contributed by atoms with Gasteiger partial charge in [-0.2, -0.15) is 0 Å². The number of ether oxygens (including phenoxy) is 3. The molecule has 0 aliphatic carbocycles. The number of thiazole rings is 1. The van der Waals surface area contributed by atoms with Gasteiger partial charge in [-0.25, -0.2) is 4.79 Å². The molecule has 1 atom stereocenters. The number of hydrogen-bond donors (Lipinski definition) is 4. The Balaban J connectivity index is 1.85. The van der Waals surface area contributed by atoms with Crippen molar-refractivity contribution in [3.8, 4) is 23.0 Å². The number of rotatable bonds is 7. The zero-order chi connectivity index (χ0) is 31.7. The quantitative estimate of drug-likeness (QED) is 0.224. The molecule has 11 nitrogen and oxygen atoms in total. The highest BCUT2D eigenvalue weighted by Gasteiger charge is 2.39. The number of carbonyl (C=O) groups is 2. The number of aromatic nitrogens is 1. The number of carbonyl (C=O) groups excluding carboxylic acids is 2.